The zero-order valence-corrected chi connectivity index (χ0v) is 12.0. The van der Waals surface area contributed by atoms with Crippen LogP contribution in [-0.4, -0.2) is 25.9 Å². The molecule has 0 aliphatic carbocycles. The van der Waals surface area contributed by atoms with Crippen LogP contribution in [0, 0.1) is 0 Å². The highest BCUT2D eigenvalue weighted by Gasteiger charge is 2.17. The molecule has 0 radical (unpaired) electrons. The number of carbonyl (C=O) groups excluding carboxylic acids is 1. The van der Waals surface area contributed by atoms with Crippen LogP contribution in [0.25, 0.3) is 5.69 Å². The highest BCUT2D eigenvalue weighted by molar-refractivity contribution is 5.89. The van der Waals surface area contributed by atoms with Crippen molar-refractivity contribution >= 4 is 5.97 Å². The van der Waals surface area contributed by atoms with Gasteiger partial charge in [0.2, 0.25) is 0 Å². The fraction of sp³-hybridized carbons (Fsp3) is 0.125. The Morgan fingerprint density at radius 1 is 1.18 bits per heavy atom. The van der Waals surface area contributed by atoms with Crippen molar-refractivity contribution in [1.82, 2.24) is 20.0 Å². The third kappa shape index (κ3) is 3.01. The van der Waals surface area contributed by atoms with Gasteiger partial charge in [-0.3, -0.25) is 4.98 Å². The summed E-state index contributed by atoms with van der Waals surface area (Å²) in [7, 11) is 0. The molecule has 0 saturated carbocycles. The molecule has 3 aromatic rings. The maximum absolute atomic E-state index is 12.0. The molecule has 6 heteroatoms. The van der Waals surface area contributed by atoms with Crippen LogP contribution < -0.4 is 0 Å². The van der Waals surface area contributed by atoms with E-state index < -0.39 is 12.1 Å². The lowest BCUT2D eigenvalue weighted by Crippen LogP contribution is -2.09. The van der Waals surface area contributed by atoms with Crippen molar-refractivity contribution in [3.05, 3.63) is 72.3 Å². The smallest absolute Gasteiger partial charge is 0.340 e. The Kier molecular flexibility index (Phi) is 3.91. The van der Waals surface area contributed by atoms with E-state index in [1.54, 1.807) is 36.1 Å². The number of esters is 1. The molecule has 0 N–H and O–H groups in total. The van der Waals surface area contributed by atoms with E-state index in [0.29, 0.717) is 11.3 Å². The van der Waals surface area contributed by atoms with E-state index in [1.807, 2.05) is 30.3 Å². The van der Waals surface area contributed by atoms with Crippen molar-refractivity contribution in [3.8, 4) is 5.69 Å². The molecule has 0 aliphatic rings. The summed E-state index contributed by atoms with van der Waals surface area (Å²) in [6, 6.07) is 13.0. The first-order valence-electron chi connectivity index (χ1n) is 6.83. The Balaban J connectivity index is 1.72. The quantitative estimate of drug-likeness (QED) is 0.692. The van der Waals surface area contributed by atoms with Gasteiger partial charge in [-0.05, 0) is 31.2 Å². The molecule has 22 heavy (non-hydrogen) atoms. The summed E-state index contributed by atoms with van der Waals surface area (Å²) in [5.41, 5.74) is 1.89. The van der Waals surface area contributed by atoms with Gasteiger partial charge in [0.05, 0.1) is 17.4 Å². The minimum Gasteiger partial charge on any atom is -0.452 e. The van der Waals surface area contributed by atoms with Crippen LogP contribution >= 0.6 is 0 Å². The monoisotopic (exact) mass is 294 g/mol. The normalized spacial score (nSPS) is 11.9. The van der Waals surface area contributed by atoms with Crippen molar-refractivity contribution < 1.29 is 9.53 Å². The minimum atomic E-state index is -0.495. The highest BCUT2D eigenvalue weighted by Crippen LogP contribution is 2.17. The van der Waals surface area contributed by atoms with Crippen molar-refractivity contribution in [2.45, 2.75) is 13.0 Å². The van der Waals surface area contributed by atoms with Gasteiger partial charge in [0, 0.05) is 12.4 Å². The molecular formula is C16H14N4O2. The van der Waals surface area contributed by atoms with Gasteiger partial charge >= 0.3 is 5.97 Å². The number of carbonyl (C=O) groups is 1. The first-order valence-corrected chi connectivity index (χ1v) is 6.83. The number of ether oxygens (including phenoxy) is 1. The summed E-state index contributed by atoms with van der Waals surface area (Å²) in [5.74, 6) is -0.435. The molecule has 6 nitrogen and oxygen atoms in total. The predicted molar refractivity (Wildman–Crippen MR) is 79.4 cm³/mol. The zero-order chi connectivity index (χ0) is 15.4. The van der Waals surface area contributed by atoms with Crippen molar-refractivity contribution in [2.24, 2.45) is 0 Å². The second kappa shape index (κ2) is 6.17. The lowest BCUT2D eigenvalue weighted by Gasteiger charge is -2.09. The molecular weight excluding hydrogens is 280 g/mol. The Morgan fingerprint density at radius 2 is 2.00 bits per heavy atom. The van der Waals surface area contributed by atoms with E-state index in [-0.39, 0.29) is 0 Å². The summed E-state index contributed by atoms with van der Waals surface area (Å²) in [6.45, 7) is 1.76. The Hall–Kier alpha value is -3.02. The Morgan fingerprint density at radius 3 is 2.73 bits per heavy atom. The molecule has 3 rings (SSSR count). The third-order valence-electron chi connectivity index (χ3n) is 3.13. The van der Waals surface area contributed by atoms with Crippen LogP contribution in [-0.2, 0) is 4.74 Å². The molecule has 0 saturated heterocycles. The molecule has 1 aromatic carbocycles. The van der Waals surface area contributed by atoms with Gasteiger partial charge in [-0.25, -0.2) is 9.48 Å². The predicted octanol–water partition coefficient (Wildman–Crippen LogP) is 2.58. The van der Waals surface area contributed by atoms with Crippen LogP contribution in [0.4, 0.5) is 0 Å². The Bertz CT molecular complexity index is 756. The molecule has 2 aromatic heterocycles. The minimum absolute atomic E-state index is 0.407. The van der Waals surface area contributed by atoms with Crippen LogP contribution in [0.15, 0.2) is 61.1 Å². The number of hydrogen-bond acceptors (Lipinski definition) is 5. The first-order chi connectivity index (χ1) is 10.7. The number of rotatable bonds is 4. The highest BCUT2D eigenvalue weighted by atomic mass is 16.5. The van der Waals surface area contributed by atoms with E-state index >= 15 is 0 Å². The van der Waals surface area contributed by atoms with Gasteiger partial charge in [-0.1, -0.05) is 23.4 Å². The summed E-state index contributed by atoms with van der Waals surface area (Å²) >= 11 is 0. The van der Waals surface area contributed by atoms with Gasteiger partial charge in [0.15, 0.2) is 0 Å². The van der Waals surface area contributed by atoms with Gasteiger partial charge < -0.3 is 4.74 Å². The molecule has 0 fully saturated rings. The topological polar surface area (TPSA) is 69.9 Å². The number of aromatic nitrogens is 4. The number of nitrogens with zero attached hydrogens (tertiary/aromatic N) is 4. The molecule has 0 bridgehead atoms. The second-order valence-corrected chi connectivity index (χ2v) is 4.71. The van der Waals surface area contributed by atoms with E-state index in [4.69, 9.17) is 4.74 Å². The van der Waals surface area contributed by atoms with Crippen molar-refractivity contribution in [3.63, 3.8) is 0 Å². The summed E-state index contributed by atoms with van der Waals surface area (Å²) < 4.78 is 7.02. The maximum Gasteiger partial charge on any atom is 0.340 e. The van der Waals surface area contributed by atoms with Gasteiger partial charge in [0.25, 0.3) is 0 Å². The summed E-state index contributed by atoms with van der Waals surface area (Å²) in [4.78, 5) is 15.9. The molecule has 0 aliphatic heterocycles. The average molecular weight is 294 g/mol. The molecule has 1 atom stereocenters. The molecule has 110 valence electrons. The second-order valence-electron chi connectivity index (χ2n) is 4.71. The number of pyridine rings is 1. The standard InChI is InChI=1S/C16H14N4O2/c1-12(22-16(21)13-6-5-9-17-10-13)15-11-20(19-18-15)14-7-3-2-4-8-14/h2-12H,1H3/t12-/m1/s1. The fourth-order valence-electron chi connectivity index (χ4n) is 1.94. The molecule has 0 amide bonds. The van der Waals surface area contributed by atoms with Crippen LogP contribution in [0.5, 0.6) is 0 Å². The first kappa shape index (κ1) is 13.9. The van der Waals surface area contributed by atoms with Gasteiger partial charge in [-0.2, -0.15) is 0 Å². The number of benzene rings is 1. The zero-order valence-electron chi connectivity index (χ0n) is 12.0. The Labute approximate surface area is 127 Å². The fourth-order valence-corrected chi connectivity index (χ4v) is 1.94. The molecule has 2 heterocycles. The van der Waals surface area contributed by atoms with Gasteiger partial charge in [-0.15, -0.1) is 5.10 Å². The lowest BCUT2D eigenvalue weighted by molar-refractivity contribution is 0.0328. The molecule has 0 spiro atoms. The average Bonchev–Trinajstić information content (AvgIpc) is 3.06. The van der Waals surface area contributed by atoms with Crippen LogP contribution in [0.1, 0.15) is 29.1 Å². The lowest BCUT2D eigenvalue weighted by atomic mass is 10.2. The van der Waals surface area contributed by atoms with Crippen LogP contribution in [0.3, 0.4) is 0 Å². The van der Waals surface area contributed by atoms with Crippen LogP contribution in [0.2, 0.25) is 0 Å². The number of hydrogen-bond donors (Lipinski definition) is 0. The largest absolute Gasteiger partial charge is 0.452 e. The summed E-state index contributed by atoms with van der Waals surface area (Å²) in [5, 5.41) is 8.11. The van der Waals surface area contributed by atoms with E-state index in [9.17, 15) is 4.79 Å². The summed E-state index contributed by atoms with van der Waals surface area (Å²) in [6.07, 6.45) is 4.32. The maximum atomic E-state index is 12.0. The van der Waals surface area contributed by atoms with Gasteiger partial charge in [0.1, 0.15) is 11.8 Å². The van der Waals surface area contributed by atoms with E-state index in [1.165, 1.54) is 6.20 Å². The number of para-hydroxylation sites is 1. The van der Waals surface area contributed by atoms with E-state index in [0.717, 1.165) is 5.69 Å². The van der Waals surface area contributed by atoms with Crippen molar-refractivity contribution in [2.75, 3.05) is 0 Å². The van der Waals surface area contributed by atoms with Crippen molar-refractivity contribution in [1.29, 1.82) is 0 Å². The third-order valence-corrected chi connectivity index (χ3v) is 3.13. The SMILES string of the molecule is C[C@@H](OC(=O)c1cccnc1)c1cn(-c2ccccc2)nn1. The molecule has 0 unspecified atom stereocenters. The van der Waals surface area contributed by atoms with E-state index in [2.05, 4.69) is 15.3 Å².